The summed E-state index contributed by atoms with van der Waals surface area (Å²) in [4.78, 5) is 25.2. The van der Waals surface area contributed by atoms with Crippen LogP contribution in [-0.4, -0.2) is 26.0 Å². The van der Waals surface area contributed by atoms with E-state index in [9.17, 15) is 9.59 Å². The molecule has 0 aromatic heterocycles. The lowest BCUT2D eigenvalue weighted by Crippen LogP contribution is -2.12. The van der Waals surface area contributed by atoms with Crippen molar-refractivity contribution in [2.45, 2.75) is 0 Å². The number of rotatable bonds is 7. The number of carbonyl (C=O) groups excluding carboxylic acids is 2. The van der Waals surface area contributed by atoms with Crippen LogP contribution in [0.5, 0.6) is 11.5 Å². The highest BCUT2D eigenvalue weighted by Gasteiger charge is 2.11. The highest BCUT2D eigenvalue weighted by molar-refractivity contribution is 9.10. The number of nitrogens with one attached hydrogen (secondary N) is 2. The largest absolute Gasteiger partial charge is 0.496 e. The molecule has 0 bridgehead atoms. The molecule has 2 amide bonds. The van der Waals surface area contributed by atoms with E-state index >= 15 is 0 Å². The first-order chi connectivity index (χ1) is 17.4. The third-order valence-electron chi connectivity index (χ3n) is 5.45. The van der Waals surface area contributed by atoms with Gasteiger partial charge in [0.25, 0.3) is 11.8 Å². The molecule has 4 aromatic carbocycles. The maximum absolute atomic E-state index is 12.6. The van der Waals surface area contributed by atoms with Crippen molar-refractivity contribution in [3.8, 4) is 22.6 Å². The molecule has 0 saturated heterocycles. The average Bonchev–Trinajstić information content (AvgIpc) is 2.89. The van der Waals surface area contributed by atoms with Crippen LogP contribution < -0.4 is 20.1 Å². The minimum Gasteiger partial charge on any atom is -0.496 e. The standard InChI is InChI=1S/C28H22Br2N2O4/c1-35-25-13-7-19(15-23(25)29)27(33)31-21-9-3-17(4-10-21)18-5-11-22(12-6-18)32-28(34)20-8-14-26(36-2)24(30)16-20/h3-16H,1-2H3,(H,31,33)(H,32,34). The Morgan fingerprint density at radius 2 is 0.944 bits per heavy atom. The SMILES string of the molecule is COc1ccc(C(=O)Nc2ccc(-c3ccc(NC(=O)c4ccc(OC)c(Br)c4)cc3)cc2)cc1Br. The van der Waals surface area contributed by atoms with E-state index in [0.717, 1.165) is 11.1 Å². The minimum absolute atomic E-state index is 0.213. The van der Waals surface area contributed by atoms with Gasteiger partial charge in [-0.15, -0.1) is 0 Å². The third kappa shape index (κ3) is 5.95. The van der Waals surface area contributed by atoms with Crippen molar-refractivity contribution < 1.29 is 19.1 Å². The fraction of sp³-hybridized carbons (Fsp3) is 0.0714. The van der Waals surface area contributed by atoms with Crippen molar-refractivity contribution in [3.05, 3.63) is 105 Å². The Hall–Kier alpha value is -3.62. The van der Waals surface area contributed by atoms with Gasteiger partial charge in [0.2, 0.25) is 0 Å². The summed E-state index contributed by atoms with van der Waals surface area (Å²) < 4.78 is 11.8. The molecule has 0 aliphatic rings. The topological polar surface area (TPSA) is 76.7 Å². The quantitative estimate of drug-likeness (QED) is 0.229. The van der Waals surface area contributed by atoms with Crippen LogP contribution in [0.15, 0.2) is 93.9 Å². The first-order valence-corrected chi connectivity index (χ1v) is 12.5. The molecule has 0 unspecified atom stereocenters. The van der Waals surface area contributed by atoms with Gasteiger partial charge < -0.3 is 20.1 Å². The fourth-order valence-corrected chi connectivity index (χ4v) is 4.60. The van der Waals surface area contributed by atoms with Gasteiger partial charge in [-0.25, -0.2) is 0 Å². The molecule has 182 valence electrons. The number of hydrogen-bond acceptors (Lipinski definition) is 4. The molecule has 36 heavy (non-hydrogen) atoms. The maximum Gasteiger partial charge on any atom is 0.255 e. The molecule has 0 aliphatic carbocycles. The van der Waals surface area contributed by atoms with Crippen LogP contribution in [0.1, 0.15) is 20.7 Å². The van der Waals surface area contributed by atoms with Crippen molar-refractivity contribution in [3.63, 3.8) is 0 Å². The van der Waals surface area contributed by atoms with E-state index in [1.807, 2.05) is 48.5 Å². The first-order valence-electron chi connectivity index (χ1n) is 10.9. The third-order valence-corrected chi connectivity index (χ3v) is 6.69. The van der Waals surface area contributed by atoms with Crippen molar-refractivity contribution in [2.24, 2.45) is 0 Å². The molecule has 4 rings (SSSR count). The Bertz CT molecular complexity index is 1300. The van der Waals surface area contributed by atoms with Crippen LogP contribution in [-0.2, 0) is 0 Å². The minimum atomic E-state index is -0.213. The van der Waals surface area contributed by atoms with Crippen molar-refractivity contribution >= 4 is 55.0 Å². The van der Waals surface area contributed by atoms with Crippen molar-refractivity contribution in [1.29, 1.82) is 0 Å². The molecular formula is C28H22Br2N2O4. The van der Waals surface area contributed by atoms with Crippen LogP contribution in [0.3, 0.4) is 0 Å². The maximum atomic E-state index is 12.6. The van der Waals surface area contributed by atoms with E-state index < -0.39 is 0 Å². The molecule has 8 heteroatoms. The number of hydrogen-bond donors (Lipinski definition) is 2. The van der Waals surface area contributed by atoms with Crippen LogP contribution in [0.25, 0.3) is 11.1 Å². The number of benzene rings is 4. The van der Waals surface area contributed by atoms with Gasteiger partial charge in [-0.05, 0) is 104 Å². The van der Waals surface area contributed by atoms with E-state index in [2.05, 4.69) is 42.5 Å². The van der Waals surface area contributed by atoms with Gasteiger partial charge in [-0.2, -0.15) is 0 Å². The molecule has 0 aliphatic heterocycles. The summed E-state index contributed by atoms with van der Waals surface area (Å²) in [7, 11) is 3.15. The number of carbonyl (C=O) groups is 2. The molecule has 0 fully saturated rings. The molecule has 4 aromatic rings. The predicted octanol–water partition coefficient (Wildman–Crippen LogP) is 7.40. The second kappa shape index (κ2) is 11.4. The van der Waals surface area contributed by atoms with Gasteiger partial charge in [-0.3, -0.25) is 9.59 Å². The van der Waals surface area contributed by atoms with Crippen molar-refractivity contribution in [2.75, 3.05) is 24.9 Å². The number of ether oxygens (including phenoxy) is 2. The predicted molar refractivity (Wildman–Crippen MR) is 149 cm³/mol. The Kier molecular flexibility index (Phi) is 8.07. The summed E-state index contributed by atoms with van der Waals surface area (Å²) in [6, 6.07) is 25.5. The van der Waals surface area contributed by atoms with E-state index in [4.69, 9.17) is 9.47 Å². The van der Waals surface area contributed by atoms with E-state index in [-0.39, 0.29) is 11.8 Å². The van der Waals surface area contributed by atoms with E-state index in [1.54, 1.807) is 50.6 Å². The molecule has 2 N–H and O–H groups in total. The second-order valence-electron chi connectivity index (χ2n) is 7.76. The zero-order valence-electron chi connectivity index (χ0n) is 19.5. The zero-order chi connectivity index (χ0) is 25.7. The van der Waals surface area contributed by atoms with Gasteiger partial charge in [0.05, 0.1) is 23.2 Å². The van der Waals surface area contributed by atoms with Crippen LogP contribution >= 0.6 is 31.9 Å². The van der Waals surface area contributed by atoms with Crippen LogP contribution in [0.4, 0.5) is 11.4 Å². The molecule has 0 heterocycles. The smallest absolute Gasteiger partial charge is 0.255 e. The fourth-order valence-electron chi connectivity index (χ4n) is 3.51. The first kappa shape index (κ1) is 25.5. The number of halogens is 2. The van der Waals surface area contributed by atoms with Gasteiger partial charge in [0.15, 0.2) is 0 Å². The Morgan fingerprint density at radius 1 is 0.583 bits per heavy atom. The highest BCUT2D eigenvalue weighted by Crippen LogP contribution is 2.28. The van der Waals surface area contributed by atoms with Gasteiger partial charge in [0.1, 0.15) is 11.5 Å². The number of anilines is 2. The molecule has 0 radical (unpaired) electrons. The molecule has 0 saturated carbocycles. The Labute approximate surface area is 225 Å². The monoisotopic (exact) mass is 608 g/mol. The number of amides is 2. The summed E-state index contributed by atoms with van der Waals surface area (Å²) in [5.74, 6) is 0.899. The highest BCUT2D eigenvalue weighted by atomic mass is 79.9. The second-order valence-corrected chi connectivity index (χ2v) is 9.47. The lowest BCUT2D eigenvalue weighted by molar-refractivity contribution is 0.101. The summed E-state index contributed by atoms with van der Waals surface area (Å²) in [6.07, 6.45) is 0. The Morgan fingerprint density at radius 3 is 1.25 bits per heavy atom. The van der Waals surface area contributed by atoms with Gasteiger partial charge in [0, 0.05) is 22.5 Å². The molecule has 0 atom stereocenters. The van der Waals surface area contributed by atoms with Crippen LogP contribution in [0, 0.1) is 0 Å². The van der Waals surface area contributed by atoms with E-state index in [0.29, 0.717) is 42.9 Å². The zero-order valence-corrected chi connectivity index (χ0v) is 22.6. The average molecular weight is 610 g/mol. The number of methoxy groups -OCH3 is 2. The summed E-state index contributed by atoms with van der Waals surface area (Å²) in [5, 5.41) is 5.80. The van der Waals surface area contributed by atoms with Crippen LogP contribution in [0.2, 0.25) is 0 Å². The molecule has 6 nitrogen and oxygen atoms in total. The summed E-state index contributed by atoms with van der Waals surface area (Å²) >= 11 is 6.80. The lowest BCUT2D eigenvalue weighted by Gasteiger charge is -2.10. The van der Waals surface area contributed by atoms with E-state index in [1.165, 1.54) is 0 Å². The van der Waals surface area contributed by atoms with Crippen molar-refractivity contribution in [1.82, 2.24) is 0 Å². The Balaban J connectivity index is 1.39. The lowest BCUT2D eigenvalue weighted by atomic mass is 10.0. The molecular weight excluding hydrogens is 588 g/mol. The normalized spacial score (nSPS) is 10.4. The molecule has 0 spiro atoms. The van der Waals surface area contributed by atoms with Gasteiger partial charge in [-0.1, -0.05) is 24.3 Å². The van der Waals surface area contributed by atoms with Gasteiger partial charge >= 0.3 is 0 Å². The summed E-state index contributed by atoms with van der Waals surface area (Å²) in [5.41, 5.74) is 4.38. The summed E-state index contributed by atoms with van der Waals surface area (Å²) in [6.45, 7) is 0.